The van der Waals surface area contributed by atoms with Crippen molar-refractivity contribution in [2.45, 2.75) is 37.5 Å². The highest BCUT2D eigenvalue weighted by atomic mass is 32.2. The molecule has 136 valence electrons. The Bertz CT molecular complexity index is 1100. The Hall–Kier alpha value is -2.41. The zero-order valence-corrected chi connectivity index (χ0v) is 16.4. The minimum atomic E-state index is -0.393. The first-order valence-electron chi connectivity index (χ1n) is 8.55. The van der Waals surface area contributed by atoms with Crippen LogP contribution in [-0.2, 0) is 14.1 Å². The number of thioether (sulfide) groups is 1. The van der Waals surface area contributed by atoms with E-state index in [1.54, 1.807) is 18.8 Å². The summed E-state index contributed by atoms with van der Waals surface area (Å²) in [6, 6.07) is 7.89. The number of aromatic nitrogens is 4. The standard InChI is InChI=1S/C19H22N4O2S/c1-6-12(3)26-17-14-16(22(4)19(25)23(5)18(14)24)20-15(21-17)13-9-7-8-11(2)10-13/h7-10,12H,6H2,1-5H3/t12-/m0/s1. The van der Waals surface area contributed by atoms with Crippen molar-refractivity contribution >= 4 is 22.8 Å². The number of aryl methyl sites for hydroxylation is 2. The Morgan fingerprint density at radius 3 is 2.54 bits per heavy atom. The molecule has 2 heterocycles. The van der Waals surface area contributed by atoms with E-state index >= 15 is 0 Å². The van der Waals surface area contributed by atoms with Crippen LogP contribution >= 0.6 is 11.8 Å². The lowest BCUT2D eigenvalue weighted by molar-refractivity contribution is 0.703. The monoisotopic (exact) mass is 370 g/mol. The first-order valence-corrected chi connectivity index (χ1v) is 9.43. The third-order valence-corrected chi connectivity index (χ3v) is 5.69. The van der Waals surface area contributed by atoms with Crippen molar-refractivity contribution in [3.05, 3.63) is 50.7 Å². The molecule has 2 aromatic heterocycles. The molecule has 3 aromatic rings. The molecule has 0 radical (unpaired) electrons. The van der Waals surface area contributed by atoms with Crippen LogP contribution < -0.4 is 11.2 Å². The summed E-state index contributed by atoms with van der Waals surface area (Å²) >= 11 is 1.54. The molecular weight excluding hydrogens is 348 g/mol. The fourth-order valence-electron chi connectivity index (χ4n) is 2.70. The van der Waals surface area contributed by atoms with E-state index in [1.165, 1.54) is 11.6 Å². The first kappa shape index (κ1) is 18.4. The summed E-state index contributed by atoms with van der Waals surface area (Å²) < 4.78 is 2.52. The third kappa shape index (κ3) is 3.19. The van der Waals surface area contributed by atoms with Crippen LogP contribution in [0.5, 0.6) is 0 Å². The summed E-state index contributed by atoms with van der Waals surface area (Å²) in [7, 11) is 3.12. The van der Waals surface area contributed by atoms with Crippen LogP contribution in [0.25, 0.3) is 22.4 Å². The minimum Gasteiger partial charge on any atom is -0.280 e. The van der Waals surface area contributed by atoms with E-state index in [2.05, 4.69) is 18.8 Å². The molecule has 3 rings (SSSR count). The molecule has 0 unspecified atom stereocenters. The van der Waals surface area contributed by atoms with E-state index in [1.807, 2.05) is 31.2 Å². The van der Waals surface area contributed by atoms with Gasteiger partial charge in [-0.1, -0.05) is 37.6 Å². The van der Waals surface area contributed by atoms with Gasteiger partial charge in [-0.15, -0.1) is 11.8 Å². The molecule has 0 N–H and O–H groups in total. The van der Waals surface area contributed by atoms with E-state index < -0.39 is 5.69 Å². The van der Waals surface area contributed by atoms with Crippen LogP contribution in [0.1, 0.15) is 25.8 Å². The van der Waals surface area contributed by atoms with Crippen LogP contribution in [0, 0.1) is 6.92 Å². The molecule has 0 aliphatic carbocycles. The average Bonchev–Trinajstić information content (AvgIpc) is 2.63. The van der Waals surface area contributed by atoms with Gasteiger partial charge in [0.05, 0.1) is 0 Å². The van der Waals surface area contributed by atoms with Crippen molar-refractivity contribution in [2.75, 3.05) is 0 Å². The number of hydrogen-bond donors (Lipinski definition) is 0. The summed E-state index contributed by atoms with van der Waals surface area (Å²) in [5.74, 6) is 0.523. The lowest BCUT2D eigenvalue weighted by Gasteiger charge is -2.14. The minimum absolute atomic E-state index is 0.292. The largest absolute Gasteiger partial charge is 0.332 e. The predicted octanol–water partition coefficient (Wildman–Crippen LogP) is 2.89. The maximum atomic E-state index is 12.8. The molecule has 0 aliphatic heterocycles. The maximum Gasteiger partial charge on any atom is 0.332 e. The highest BCUT2D eigenvalue weighted by molar-refractivity contribution is 8.00. The van der Waals surface area contributed by atoms with Gasteiger partial charge in [-0.3, -0.25) is 13.9 Å². The van der Waals surface area contributed by atoms with Gasteiger partial charge in [0.25, 0.3) is 5.56 Å². The summed E-state index contributed by atoms with van der Waals surface area (Å²) in [5, 5.41) is 1.31. The summed E-state index contributed by atoms with van der Waals surface area (Å²) in [6.45, 7) is 6.19. The lowest BCUT2D eigenvalue weighted by Crippen LogP contribution is -2.37. The van der Waals surface area contributed by atoms with Gasteiger partial charge >= 0.3 is 5.69 Å². The SMILES string of the molecule is CC[C@H](C)Sc1nc(-c2cccc(C)c2)nc2c1c(=O)n(C)c(=O)n2C. The van der Waals surface area contributed by atoms with Crippen molar-refractivity contribution in [1.29, 1.82) is 0 Å². The number of benzene rings is 1. The van der Waals surface area contributed by atoms with Crippen molar-refractivity contribution in [2.24, 2.45) is 14.1 Å². The Morgan fingerprint density at radius 1 is 1.15 bits per heavy atom. The van der Waals surface area contributed by atoms with E-state index in [0.717, 1.165) is 22.1 Å². The predicted molar refractivity (Wildman–Crippen MR) is 106 cm³/mol. The molecule has 0 saturated heterocycles. The quantitative estimate of drug-likeness (QED) is 0.522. The second-order valence-corrected chi connectivity index (χ2v) is 7.89. The Labute approximate surface area is 155 Å². The third-order valence-electron chi connectivity index (χ3n) is 4.43. The molecule has 1 aromatic carbocycles. The van der Waals surface area contributed by atoms with E-state index in [0.29, 0.717) is 27.1 Å². The molecule has 26 heavy (non-hydrogen) atoms. The number of fused-ring (bicyclic) bond motifs is 1. The maximum absolute atomic E-state index is 12.8. The van der Waals surface area contributed by atoms with Gasteiger partial charge in [0.2, 0.25) is 0 Å². The Balaban J connectivity index is 2.40. The van der Waals surface area contributed by atoms with Gasteiger partial charge < -0.3 is 0 Å². The molecule has 0 aliphatic rings. The number of rotatable bonds is 4. The van der Waals surface area contributed by atoms with Crippen LogP contribution in [0.2, 0.25) is 0 Å². The second kappa shape index (κ2) is 7.07. The van der Waals surface area contributed by atoms with E-state index in [4.69, 9.17) is 4.98 Å². The fraction of sp³-hybridized carbons (Fsp3) is 0.368. The molecule has 1 atom stereocenters. The molecule has 0 amide bonds. The van der Waals surface area contributed by atoms with E-state index in [9.17, 15) is 9.59 Å². The van der Waals surface area contributed by atoms with Gasteiger partial charge in [-0.2, -0.15) is 0 Å². The second-order valence-electron chi connectivity index (χ2n) is 6.46. The molecule has 0 bridgehead atoms. The zero-order valence-electron chi connectivity index (χ0n) is 15.6. The zero-order chi connectivity index (χ0) is 19.0. The molecule has 0 saturated carbocycles. The van der Waals surface area contributed by atoms with Crippen LogP contribution in [0.3, 0.4) is 0 Å². The van der Waals surface area contributed by atoms with Crippen molar-refractivity contribution in [1.82, 2.24) is 19.1 Å². The molecule has 0 fully saturated rings. The van der Waals surface area contributed by atoms with Crippen LogP contribution in [0.4, 0.5) is 0 Å². The van der Waals surface area contributed by atoms with Crippen molar-refractivity contribution in [3.63, 3.8) is 0 Å². The topological polar surface area (TPSA) is 69.8 Å². The van der Waals surface area contributed by atoms with Gasteiger partial charge in [-0.25, -0.2) is 14.8 Å². The molecule has 6 nitrogen and oxygen atoms in total. The number of nitrogens with zero attached hydrogens (tertiary/aromatic N) is 4. The van der Waals surface area contributed by atoms with Gasteiger partial charge in [-0.05, 0) is 19.4 Å². The Morgan fingerprint density at radius 2 is 1.88 bits per heavy atom. The normalized spacial score (nSPS) is 12.5. The molecule has 0 spiro atoms. The summed E-state index contributed by atoms with van der Waals surface area (Å²) in [4.78, 5) is 34.4. The van der Waals surface area contributed by atoms with Gasteiger partial charge in [0.1, 0.15) is 10.4 Å². The van der Waals surface area contributed by atoms with Gasteiger partial charge in [0, 0.05) is 24.9 Å². The van der Waals surface area contributed by atoms with Crippen molar-refractivity contribution in [3.8, 4) is 11.4 Å². The highest BCUT2D eigenvalue weighted by Gasteiger charge is 2.19. The fourth-order valence-corrected chi connectivity index (χ4v) is 3.68. The molecule has 7 heteroatoms. The van der Waals surface area contributed by atoms with Crippen LogP contribution in [-0.4, -0.2) is 24.4 Å². The van der Waals surface area contributed by atoms with Crippen molar-refractivity contribution < 1.29 is 0 Å². The number of hydrogen-bond acceptors (Lipinski definition) is 5. The smallest absolute Gasteiger partial charge is 0.280 e. The lowest BCUT2D eigenvalue weighted by atomic mass is 10.1. The average molecular weight is 370 g/mol. The van der Waals surface area contributed by atoms with Crippen LogP contribution in [0.15, 0.2) is 38.9 Å². The van der Waals surface area contributed by atoms with Gasteiger partial charge in [0.15, 0.2) is 11.5 Å². The Kier molecular flexibility index (Phi) is 5.00. The summed E-state index contributed by atoms with van der Waals surface area (Å²) in [5.41, 5.74) is 1.59. The first-order chi connectivity index (χ1) is 12.3. The molecular formula is C19H22N4O2S. The summed E-state index contributed by atoms with van der Waals surface area (Å²) in [6.07, 6.45) is 0.946. The van der Waals surface area contributed by atoms with E-state index in [-0.39, 0.29) is 5.56 Å². The highest BCUT2D eigenvalue weighted by Crippen LogP contribution is 2.30.